The number of benzene rings is 2. The Labute approximate surface area is 103 Å². The summed E-state index contributed by atoms with van der Waals surface area (Å²) in [4.78, 5) is 0. The highest BCUT2D eigenvalue weighted by Gasteiger charge is 2.29. The highest BCUT2D eigenvalue weighted by molar-refractivity contribution is 5.25. The molecular weight excluding hydrogens is 241 g/mol. The van der Waals surface area contributed by atoms with Crippen molar-refractivity contribution in [1.82, 2.24) is 0 Å². The van der Waals surface area contributed by atoms with Crippen LogP contribution in [0, 0.1) is 6.07 Å². The van der Waals surface area contributed by atoms with Crippen molar-refractivity contribution in [3.63, 3.8) is 0 Å². The van der Waals surface area contributed by atoms with Gasteiger partial charge in [-0.15, -0.1) is 0 Å². The molecule has 2 aromatic rings. The molecule has 0 saturated carbocycles. The molecule has 0 aliphatic carbocycles. The van der Waals surface area contributed by atoms with Gasteiger partial charge in [0.2, 0.25) is 0 Å². The highest BCUT2D eigenvalue weighted by Crippen LogP contribution is 2.29. The zero-order valence-corrected chi connectivity index (χ0v) is 9.37. The van der Waals surface area contributed by atoms with E-state index in [1.165, 1.54) is 12.1 Å². The molecule has 93 valence electrons. The van der Waals surface area contributed by atoms with Gasteiger partial charge in [-0.2, -0.15) is 13.2 Å². The van der Waals surface area contributed by atoms with Gasteiger partial charge in [0.25, 0.3) is 0 Å². The third-order valence-electron chi connectivity index (χ3n) is 2.37. The van der Waals surface area contributed by atoms with Gasteiger partial charge in [-0.25, -0.2) is 0 Å². The van der Waals surface area contributed by atoms with E-state index in [2.05, 4.69) is 6.07 Å². The number of halogens is 3. The summed E-state index contributed by atoms with van der Waals surface area (Å²) in [5, 5.41) is 0. The molecule has 0 atom stereocenters. The van der Waals surface area contributed by atoms with E-state index in [0.29, 0.717) is 11.3 Å². The van der Waals surface area contributed by atoms with Crippen molar-refractivity contribution < 1.29 is 17.9 Å². The van der Waals surface area contributed by atoms with Gasteiger partial charge >= 0.3 is 6.18 Å². The van der Waals surface area contributed by atoms with Crippen LogP contribution in [-0.2, 0) is 12.8 Å². The Morgan fingerprint density at radius 2 is 1.56 bits per heavy atom. The van der Waals surface area contributed by atoms with E-state index in [9.17, 15) is 13.2 Å². The Morgan fingerprint density at radius 3 is 2.11 bits per heavy atom. The molecule has 1 nitrogen and oxygen atoms in total. The Kier molecular flexibility index (Phi) is 3.55. The van der Waals surface area contributed by atoms with Crippen molar-refractivity contribution in [3.05, 3.63) is 65.7 Å². The Hall–Kier alpha value is -1.97. The molecule has 0 aliphatic rings. The van der Waals surface area contributed by atoms with Gasteiger partial charge in [0.05, 0.1) is 5.56 Å². The monoisotopic (exact) mass is 251 g/mol. The molecule has 2 rings (SSSR count). The number of ether oxygens (including phenoxy) is 1. The molecule has 0 unspecified atom stereocenters. The van der Waals surface area contributed by atoms with Crippen LogP contribution >= 0.6 is 0 Å². The maximum atomic E-state index is 12.3. The average Bonchev–Trinajstić information content (AvgIpc) is 2.37. The first-order chi connectivity index (χ1) is 8.55. The molecule has 0 heterocycles. The lowest BCUT2D eigenvalue weighted by Crippen LogP contribution is -2.05. The number of hydrogen-bond donors (Lipinski definition) is 0. The maximum absolute atomic E-state index is 12.3. The Bertz CT molecular complexity index is 489. The van der Waals surface area contributed by atoms with Crippen molar-refractivity contribution in [2.75, 3.05) is 0 Å². The van der Waals surface area contributed by atoms with Gasteiger partial charge in [0.15, 0.2) is 0 Å². The molecular formula is C14H10F3O. The van der Waals surface area contributed by atoms with Gasteiger partial charge in [0.1, 0.15) is 12.4 Å². The second-order valence-corrected chi connectivity index (χ2v) is 3.72. The van der Waals surface area contributed by atoms with Crippen molar-refractivity contribution >= 4 is 0 Å². The van der Waals surface area contributed by atoms with Crippen molar-refractivity contribution in [2.45, 2.75) is 12.8 Å². The predicted octanol–water partition coefficient (Wildman–Crippen LogP) is 4.08. The topological polar surface area (TPSA) is 9.23 Å². The van der Waals surface area contributed by atoms with Gasteiger partial charge in [-0.1, -0.05) is 24.3 Å². The summed E-state index contributed by atoms with van der Waals surface area (Å²) in [5.74, 6) is 0.661. The van der Waals surface area contributed by atoms with E-state index in [1.54, 1.807) is 24.3 Å². The predicted molar refractivity (Wildman–Crippen MR) is 61.1 cm³/mol. The summed E-state index contributed by atoms with van der Waals surface area (Å²) in [7, 11) is 0. The third-order valence-corrected chi connectivity index (χ3v) is 2.37. The third kappa shape index (κ3) is 3.26. The smallest absolute Gasteiger partial charge is 0.416 e. The lowest BCUT2D eigenvalue weighted by Gasteiger charge is -2.08. The molecule has 0 saturated heterocycles. The first-order valence-electron chi connectivity index (χ1n) is 5.31. The molecule has 0 aliphatic heterocycles. The van der Waals surface area contributed by atoms with E-state index in [0.717, 1.165) is 12.1 Å². The molecule has 0 bridgehead atoms. The molecule has 0 spiro atoms. The van der Waals surface area contributed by atoms with E-state index in [4.69, 9.17) is 4.74 Å². The summed E-state index contributed by atoms with van der Waals surface area (Å²) in [6.45, 7) is 0.238. The Balaban J connectivity index is 1.99. The van der Waals surface area contributed by atoms with Crippen LogP contribution in [-0.4, -0.2) is 0 Å². The lowest BCUT2D eigenvalue weighted by molar-refractivity contribution is -0.137. The minimum atomic E-state index is -4.30. The minimum absolute atomic E-state index is 0.238. The molecule has 0 amide bonds. The molecule has 2 aromatic carbocycles. The summed E-state index contributed by atoms with van der Waals surface area (Å²) >= 11 is 0. The Morgan fingerprint density at radius 1 is 0.944 bits per heavy atom. The molecule has 0 N–H and O–H groups in total. The van der Waals surface area contributed by atoms with Crippen LogP contribution in [0.3, 0.4) is 0 Å². The lowest BCUT2D eigenvalue weighted by atomic mass is 10.1. The largest absolute Gasteiger partial charge is 0.489 e. The molecule has 0 aromatic heterocycles. The molecule has 4 heteroatoms. The van der Waals surface area contributed by atoms with Crippen LogP contribution < -0.4 is 4.74 Å². The van der Waals surface area contributed by atoms with Crippen LogP contribution in [0.15, 0.2) is 48.5 Å². The number of hydrogen-bond acceptors (Lipinski definition) is 1. The summed E-state index contributed by atoms with van der Waals surface area (Å²) in [6, 6.07) is 14.7. The van der Waals surface area contributed by atoms with Crippen molar-refractivity contribution in [1.29, 1.82) is 0 Å². The van der Waals surface area contributed by atoms with Crippen LogP contribution in [0.2, 0.25) is 0 Å². The zero-order chi connectivity index (χ0) is 13.0. The highest BCUT2D eigenvalue weighted by atomic mass is 19.4. The zero-order valence-electron chi connectivity index (χ0n) is 9.37. The summed E-state index contributed by atoms with van der Waals surface area (Å²) in [6.07, 6.45) is -4.30. The first kappa shape index (κ1) is 12.5. The summed E-state index contributed by atoms with van der Waals surface area (Å²) in [5.41, 5.74) is 0.0383. The number of alkyl halides is 3. The van der Waals surface area contributed by atoms with Crippen LogP contribution in [0.5, 0.6) is 5.75 Å². The SMILES string of the molecule is FC(F)(F)c1ccc(COc2cc[c]cc2)cc1. The van der Waals surface area contributed by atoms with Gasteiger partial charge < -0.3 is 4.74 Å². The molecule has 0 fully saturated rings. The van der Waals surface area contributed by atoms with Crippen molar-refractivity contribution in [2.24, 2.45) is 0 Å². The second kappa shape index (κ2) is 5.12. The van der Waals surface area contributed by atoms with E-state index in [1.807, 2.05) is 0 Å². The van der Waals surface area contributed by atoms with E-state index < -0.39 is 11.7 Å². The standard InChI is InChI=1S/C14H10F3O/c15-14(16,17)12-8-6-11(7-9-12)10-18-13-4-2-1-3-5-13/h2-9H,10H2. The van der Waals surface area contributed by atoms with E-state index in [-0.39, 0.29) is 6.61 Å². The molecule has 1 radical (unpaired) electrons. The maximum Gasteiger partial charge on any atom is 0.416 e. The van der Waals surface area contributed by atoms with Crippen LogP contribution in [0.4, 0.5) is 13.2 Å². The van der Waals surface area contributed by atoms with Crippen molar-refractivity contribution in [3.8, 4) is 5.75 Å². The quantitative estimate of drug-likeness (QED) is 0.798. The fourth-order valence-corrected chi connectivity index (χ4v) is 1.42. The van der Waals surface area contributed by atoms with Gasteiger partial charge in [-0.3, -0.25) is 0 Å². The van der Waals surface area contributed by atoms with Crippen LogP contribution in [0.1, 0.15) is 11.1 Å². The average molecular weight is 251 g/mol. The number of rotatable bonds is 3. The molecule has 18 heavy (non-hydrogen) atoms. The summed E-state index contributed by atoms with van der Waals surface area (Å²) < 4.78 is 42.4. The fourth-order valence-electron chi connectivity index (χ4n) is 1.42. The minimum Gasteiger partial charge on any atom is -0.489 e. The van der Waals surface area contributed by atoms with Gasteiger partial charge in [-0.05, 0) is 35.9 Å². The van der Waals surface area contributed by atoms with Crippen LogP contribution in [0.25, 0.3) is 0 Å². The fraction of sp³-hybridized carbons (Fsp3) is 0.143. The van der Waals surface area contributed by atoms with E-state index >= 15 is 0 Å². The first-order valence-corrected chi connectivity index (χ1v) is 5.31. The van der Waals surface area contributed by atoms with Gasteiger partial charge in [0, 0.05) is 0 Å². The second-order valence-electron chi connectivity index (χ2n) is 3.72. The normalized spacial score (nSPS) is 11.3.